The molecule has 0 spiro atoms. The van der Waals surface area contributed by atoms with Gasteiger partial charge in [0.1, 0.15) is 22.5 Å². The highest BCUT2D eigenvalue weighted by molar-refractivity contribution is 7.19. The predicted molar refractivity (Wildman–Crippen MR) is 83.8 cm³/mol. The molecule has 2 N–H and O–H groups in total. The second kappa shape index (κ2) is 4.94. The third kappa shape index (κ3) is 2.18. The van der Waals surface area contributed by atoms with Crippen molar-refractivity contribution in [3.63, 3.8) is 0 Å². The van der Waals surface area contributed by atoms with Crippen LogP contribution in [0.5, 0.6) is 0 Å². The van der Waals surface area contributed by atoms with Gasteiger partial charge in [-0.05, 0) is 44.6 Å². The van der Waals surface area contributed by atoms with E-state index in [4.69, 9.17) is 0 Å². The van der Waals surface area contributed by atoms with Gasteiger partial charge in [-0.3, -0.25) is 4.79 Å². The minimum Gasteiger partial charge on any atom is -0.358 e. The molecule has 1 fully saturated rings. The van der Waals surface area contributed by atoms with Crippen LogP contribution in [-0.2, 0) is 17.6 Å². The summed E-state index contributed by atoms with van der Waals surface area (Å²) in [6.07, 6.45) is 5.35. The average molecular weight is 302 g/mol. The number of carbonyl (C=O) groups is 1. The van der Waals surface area contributed by atoms with Crippen LogP contribution >= 0.6 is 11.3 Å². The van der Waals surface area contributed by atoms with E-state index in [1.807, 2.05) is 6.92 Å². The molecule has 1 aliphatic carbocycles. The first kappa shape index (κ1) is 13.0. The Morgan fingerprint density at radius 1 is 1.29 bits per heavy atom. The monoisotopic (exact) mass is 302 g/mol. The Labute approximate surface area is 127 Å². The Balaban J connectivity index is 1.78. The molecule has 2 aliphatic rings. The lowest BCUT2D eigenvalue weighted by molar-refractivity contribution is -0.123. The SMILES string of the molecule is Cc1nc(N[C@@H]2CCCNC2=O)c2c3c(sc2n1)CCC3. The molecule has 6 heteroatoms. The molecule has 1 aliphatic heterocycles. The summed E-state index contributed by atoms with van der Waals surface area (Å²) >= 11 is 1.79. The van der Waals surface area contributed by atoms with E-state index in [1.165, 1.54) is 16.9 Å². The summed E-state index contributed by atoms with van der Waals surface area (Å²) < 4.78 is 0. The van der Waals surface area contributed by atoms with Crippen molar-refractivity contribution < 1.29 is 4.79 Å². The molecule has 2 aromatic heterocycles. The van der Waals surface area contributed by atoms with Gasteiger partial charge in [-0.25, -0.2) is 9.97 Å². The van der Waals surface area contributed by atoms with Gasteiger partial charge in [0, 0.05) is 11.4 Å². The minimum absolute atomic E-state index is 0.0811. The summed E-state index contributed by atoms with van der Waals surface area (Å²) in [7, 11) is 0. The van der Waals surface area contributed by atoms with Gasteiger partial charge in [-0.2, -0.15) is 0 Å². The Kier molecular flexibility index (Phi) is 3.06. The number of anilines is 1. The summed E-state index contributed by atoms with van der Waals surface area (Å²) in [4.78, 5) is 23.6. The highest BCUT2D eigenvalue weighted by atomic mass is 32.1. The summed E-state index contributed by atoms with van der Waals surface area (Å²) in [5, 5.41) is 7.44. The third-order valence-corrected chi connectivity index (χ3v) is 5.46. The number of hydrogen-bond donors (Lipinski definition) is 2. The minimum atomic E-state index is -0.173. The second-order valence-corrected chi connectivity index (χ2v) is 6.87. The van der Waals surface area contributed by atoms with Crippen LogP contribution in [0.4, 0.5) is 5.82 Å². The van der Waals surface area contributed by atoms with Crippen molar-refractivity contribution in [3.8, 4) is 0 Å². The number of aryl methyl sites for hydroxylation is 3. The molecule has 21 heavy (non-hydrogen) atoms. The number of amides is 1. The largest absolute Gasteiger partial charge is 0.358 e. The predicted octanol–water partition coefficient (Wildman–Crippen LogP) is 2.18. The standard InChI is InChI=1S/C15H18N4OS/c1-8-17-13(19-10-5-3-7-16-14(10)20)12-9-4-2-6-11(9)21-15(12)18-8/h10H,2-7H2,1H3,(H,16,20)(H,17,18,19)/t10-/m1/s1. The van der Waals surface area contributed by atoms with Crippen molar-refractivity contribution in [1.82, 2.24) is 15.3 Å². The Morgan fingerprint density at radius 2 is 2.19 bits per heavy atom. The van der Waals surface area contributed by atoms with Gasteiger partial charge < -0.3 is 10.6 Å². The number of piperidine rings is 1. The molecule has 0 bridgehead atoms. The van der Waals surface area contributed by atoms with Gasteiger partial charge in [0.15, 0.2) is 0 Å². The molecule has 0 radical (unpaired) electrons. The Bertz CT molecular complexity index is 724. The molecular formula is C15H18N4OS. The van der Waals surface area contributed by atoms with Crippen molar-refractivity contribution in [2.45, 2.75) is 45.1 Å². The van der Waals surface area contributed by atoms with E-state index in [0.29, 0.717) is 0 Å². The van der Waals surface area contributed by atoms with Crippen LogP contribution in [0.25, 0.3) is 10.2 Å². The maximum Gasteiger partial charge on any atom is 0.242 e. The smallest absolute Gasteiger partial charge is 0.242 e. The van der Waals surface area contributed by atoms with Gasteiger partial charge in [-0.15, -0.1) is 11.3 Å². The first-order valence-corrected chi connectivity index (χ1v) is 8.37. The van der Waals surface area contributed by atoms with Crippen molar-refractivity contribution in [3.05, 3.63) is 16.3 Å². The lowest BCUT2D eigenvalue weighted by Gasteiger charge is -2.23. The molecule has 110 valence electrons. The number of nitrogens with zero attached hydrogens (tertiary/aromatic N) is 2. The van der Waals surface area contributed by atoms with E-state index in [1.54, 1.807) is 11.3 Å². The Hall–Kier alpha value is -1.69. The van der Waals surface area contributed by atoms with Gasteiger partial charge in [-0.1, -0.05) is 0 Å². The van der Waals surface area contributed by atoms with Crippen LogP contribution in [-0.4, -0.2) is 28.5 Å². The van der Waals surface area contributed by atoms with Gasteiger partial charge in [0.05, 0.1) is 5.39 Å². The van der Waals surface area contributed by atoms with Gasteiger partial charge in [0.25, 0.3) is 0 Å². The number of fused-ring (bicyclic) bond motifs is 3. The zero-order valence-electron chi connectivity index (χ0n) is 12.0. The van der Waals surface area contributed by atoms with E-state index in [2.05, 4.69) is 20.6 Å². The van der Waals surface area contributed by atoms with Crippen molar-refractivity contribution in [2.24, 2.45) is 0 Å². The lowest BCUT2D eigenvalue weighted by Crippen LogP contribution is -2.44. The molecule has 5 nitrogen and oxygen atoms in total. The third-order valence-electron chi connectivity index (χ3n) is 4.27. The zero-order valence-corrected chi connectivity index (χ0v) is 12.8. The fraction of sp³-hybridized carbons (Fsp3) is 0.533. The molecule has 1 atom stereocenters. The normalized spacial score (nSPS) is 21.4. The average Bonchev–Trinajstić information content (AvgIpc) is 3.01. The fourth-order valence-corrected chi connectivity index (χ4v) is 4.59. The maximum absolute atomic E-state index is 12.0. The van der Waals surface area contributed by atoms with E-state index in [0.717, 1.165) is 54.1 Å². The van der Waals surface area contributed by atoms with Crippen LogP contribution in [0.3, 0.4) is 0 Å². The molecule has 1 saturated heterocycles. The van der Waals surface area contributed by atoms with Crippen LogP contribution < -0.4 is 10.6 Å². The zero-order chi connectivity index (χ0) is 14.4. The number of carbonyl (C=O) groups excluding carboxylic acids is 1. The molecule has 0 saturated carbocycles. The van der Waals surface area contributed by atoms with E-state index in [9.17, 15) is 4.79 Å². The summed E-state index contributed by atoms with van der Waals surface area (Å²) in [6, 6.07) is -0.173. The Morgan fingerprint density at radius 3 is 3.05 bits per heavy atom. The van der Waals surface area contributed by atoms with E-state index in [-0.39, 0.29) is 11.9 Å². The molecule has 0 aromatic carbocycles. The number of rotatable bonds is 2. The van der Waals surface area contributed by atoms with Crippen molar-refractivity contribution in [1.29, 1.82) is 0 Å². The molecule has 4 rings (SSSR count). The van der Waals surface area contributed by atoms with Crippen LogP contribution in [0, 0.1) is 6.92 Å². The van der Waals surface area contributed by atoms with E-state index < -0.39 is 0 Å². The topological polar surface area (TPSA) is 66.9 Å². The van der Waals surface area contributed by atoms with Crippen LogP contribution in [0.2, 0.25) is 0 Å². The number of nitrogens with one attached hydrogen (secondary N) is 2. The molecule has 0 unspecified atom stereocenters. The summed E-state index contributed by atoms with van der Waals surface area (Å²) in [5.41, 5.74) is 1.40. The van der Waals surface area contributed by atoms with Crippen LogP contribution in [0.15, 0.2) is 0 Å². The summed E-state index contributed by atoms with van der Waals surface area (Å²) in [6.45, 7) is 2.69. The highest BCUT2D eigenvalue weighted by Gasteiger charge is 2.26. The first-order chi connectivity index (χ1) is 10.2. The van der Waals surface area contributed by atoms with Crippen molar-refractivity contribution in [2.75, 3.05) is 11.9 Å². The van der Waals surface area contributed by atoms with Crippen LogP contribution in [0.1, 0.15) is 35.5 Å². The number of thiophene rings is 1. The quantitative estimate of drug-likeness (QED) is 0.892. The molecular weight excluding hydrogens is 284 g/mol. The fourth-order valence-electron chi connectivity index (χ4n) is 3.28. The molecule has 1 amide bonds. The highest BCUT2D eigenvalue weighted by Crippen LogP contribution is 2.39. The molecule has 3 heterocycles. The van der Waals surface area contributed by atoms with E-state index >= 15 is 0 Å². The van der Waals surface area contributed by atoms with Gasteiger partial charge >= 0.3 is 0 Å². The number of aromatic nitrogens is 2. The first-order valence-electron chi connectivity index (χ1n) is 7.55. The summed E-state index contributed by atoms with van der Waals surface area (Å²) in [5.74, 6) is 1.69. The second-order valence-electron chi connectivity index (χ2n) is 5.79. The van der Waals surface area contributed by atoms with Crippen molar-refractivity contribution >= 4 is 33.3 Å². The lowest BCUT2D eigenvalue weighted by atomic mass is 10.1. The maximum atomic E-state index is 12.0. The van der Waals surface area contributed by atoms with Gasteiger partial charge in [0.2, 0.25) is 5.91 Å². The number of hydrogen-bond acceptors (Lipinski definition) is 5. The molecule has 2 aromatic rings.